The number of hydrogen-bond acceptors (Lipinski definition) is 6. The average molecular weight is 465 g/mol. The Hall–Kier alpha value is -2.72. The van der Waals surface area contributed by atoms with Crippen molar-refractivity contribution in [2.75, 3.05) is 35.6 Å². The smallest absolute Gasteiger partial charge is 0.332 e. The van der Waals surface area contributed by atoms with Crippen LogP contribution in [0.4, 0.5) is 25.3 Å². The fraction of sp³-hybridized carbons (Fsp3) is 0.409. The molecule has 7 nitrogen and oxygen atoms in total. The average Bonchev–Trinajstić information content (AvgIpc) is 3.00. The van der Waals surface area contributed by atoms with Gasteiger partial charge in [0.25, 0.3) is 0 Å². The standard InChI is InChI=1S/C22H26F2N4O3S/c1-3-25-19-11-14(23)10-18-20(19)27-21(29)22(18,2)28-9-5-7-16(13-28)26-15-6-4-8-17(12-15)32(24,30)31/h4,6,8,10-12,16,25-26H,3,5,7,9,13H2,1-2H3,(H,27,29)/t16-,22?/m1/s1. The van der Waals surface area contributed by atoms with Crippen LogP contribution in [-0.4, -0.2) is 44.9 Å². The van der Waals surface area contributed by atoms with Crippen LogP contribution in [0.1, 0.15) is 32.3 Å². The number of anilines is 3. The Morgan fingerprint density at radius 1 is 1.28 bits per heavy atom. The molecule has 10 heteroatoms. The van der Waals surface area contributed by atoms with Gasteiger partial charge in [-0.2, -0.15) is 8.42 Å². The highest BCUT2D eigenvalue weighted by atomic mass is 32.3. The van der Waals surface area contributed by atoms with Crippen molar-refractivity contribution in [2.45, 2.75) is 43.2 Å². The molecule has 2 atom stereocenters. The summed E-state index contributed by atoms with van der Waals surface area (Å²) in [6.45, 7) is 5.40. The fourth-order valence-corrected chi connectivity index (χ4v) is 5.11. The number of halogens is 2. The highest BCUT2D eigenvalue weighted by Crippen LogP contribution is 2.45. The van der Waals surface area contributed by atoms with E-state index in [9.17, 15) is 21.5 Å². The molecule has 4 rings (SSSR count). The second-order valence-electron chi connectivity index (χ2n) is 8.33. The van der Waals surface area contributed by atoms with Gasteiger partial charge in [0.05, 0.1) is 11.4 Å². The topological polar surface area (TPSA) is 90.5 Å². The van der Waals surface area contributed by atoms with E-state index in [2.05, 4.69) is 16.0 Å². The number of hydrogen-bond donors (Lipinski definition) is 3. The summed E-state index contributed by atoms with van der Waals surface area (Å²) >= 11 is 0. The zero-order valence-corrected chi connectivity index (χ0v) is 18.7. The monoisotopic (exact) mass is 464 g/mol. The van der Waals surface area contributed by atoms with E-state index in [-0.39, 0.29) is 11.9 Å². The van der Waals surface area contributed by atoms with E-state index in [0.29, 0.717) is 42.3 Å². The number of fused-ring (bicyclic) bond motifs is 1. The summed E-state index contributed by atoms with van der Waals surface area (Å²) in [7, 11) is -4.80. The second kappa shape index (κ2) is 8.32. The Bertz CT molecular complexity index is 1160. The lowest BCUT2D eigenvalue weighted by Crippen LogP contribution is -2.55. The van der Waals surface area contributed by atoms with Gasteiger partial charge in [-0.3, -0.25) is 9.69 Å². The maximum Gasteiger partial charge on any atom is 0.332 e. The van der Waals surface area contributed by atoms with Gasteiger partial charge in [0.2, 0.25) is 5.91 Å². The molecule has 1 saturated heterocycles. The van der Waals surface area contributed by atoms with Crippen molar-refractivity contribution in [2.24, 2.45) is 0 Å². The summed E-state index contributed by atoms with van der Waals surface area (Å²) < 4.78 is 50.2. The van der Waals surface area contributed by atoms with Crippen molar-refractivity contribution in [3.8, 4) is 0 Å². The SMILES string of the molecule is CCNc1cc(F)cc2c1NC(=O)C2(C)N1CCC[C@@H](Nc2cccc(S(=O)(=O)F)c2)C1. The largest absolute Gasteiger partial charge is 0.384 e. The molecular formula is C22H26F2N4O3S. The number of nitrogens with zero attached hydrogens (tertiary/aromatic N) is 1. The lowest BCUT2D eigenvalue weighted by atomic mass is 9.88. The molecule has 0 aromatic heterocycles. The van der Waals surface area contributed by atoms with E-state index in [0.717, 1.165) is 12.8 Å². The van der Waals surface area contributed by atoms with Crippen LogP contribution >= 0.6 is 0 Å². The van der Waals surface area contributed by atoms with Gasteiger partial charge in [-0.25, -0.2) is 4.39 Å². The predicted molar refractivity (Wildman–Crippen MR) is 119 cm³/mol. The van der Waals surface area contributed by atoms with Crippen molar-refractivity contribution >= 4 is 33.2 Å². The third-order valence-electron chi connectivity index (χ3n) is 6.22. The van der Waals surface area contributed by atoms with Gasteiger partial charge in [0.1, 0.15) is 16.3 Å². The zero-order valence-electron chi connectivity index (χ0n) is 17.9. The maximum atomic E-state index is 14.4. The molecule has 1 unspecified atom stereocenters. The first kappa shape index (κ1) is 22.5. The van der Waals surface area contributed by atoms with Gasteiger partial charge in [0.15, 0.2) is 0 Å². The van der Waals surface area contributed by atoms with Crippen LogP contribution in [0.2, 0.25) is 0 Å². The van der Waals surface area contributed by atoms with Crippen LogP contribution in [0.3, 0.4) is 0 Å². The van der Waals surface area contributed by atoms with E-state index in [1.54, 1.807) is 13.0 Å². The van der Waals surface area contributed by atoms with Crippen LogP contribution in [0, 0.1) is 5.82 Å². The Morgan fingerprint density at radius 2 is 2.06 bits per heavy atom. The van der Waals surface area contributed by atoms with Gasteiger partial charge in [-0.05, 0) is 63.6 Å². The first-order valence-electron chi connectivity index (χ1n) is 10.6. The molecule has 2 aliphatic heterocycles. The van der Waals surface area contributed by atoms with Gasteiger partial charge in [0, 0.05) is 30.4 Å². The van der Waals surface area contributed by atoms with Crippen LogP contribution in [0.25, 0.3) is 0 Å². The Balaban J connectivity index is 1.60. The maximum absolute atomic E-state index is 14.4. The van der Waals surface area contributed by atoms with Gasteiger partial charge in [-0.15, -0.1) is 3.89 Å². The Kier molecular flexibility index (Phi) is 5.85. The first-order valence-corrected chi connectivity index (χ1v) is 12.0. The Morgan fingerprint density at radius 3 is 2.78 bits per heavy atom. The molecule has 0 radical (unpaired) electrons. The predicted octanol–water partition coefficient (Wildman–Crippen LogP) is 3.66. The summed E-state index contributed by atoms with van der Waals surface area (Å²) in [4.78, 5) is 14.7. The molecule has 2 aliphatic rings. The molecule has 1 amide bonds. The zero-order chi connectivity index (χ0) is 23.1. The van der Waals surface area contributed by atoms with Crippen molar-refractivity contribution in [3.63, 3.8) is 0 Å². The number of amides is 1. The molecule has 0 aliphatic carbocycles. The van der Waals surface area contributed by atoms with E-state index < -0.39 is 26.5 Å². The van der Waals surface area contributed by atoms with E-state index in [1.807, 2.05) is 11.8 Å². The van der Waals surface area contributed by atoms with E-state index >= 15 is 0 Å². The molecule has 172 valence electrons. The van der Waals surface area contributed by atoms with E-state index in [1.165, 1.54) is 30.3 Å². The van der Waals surface area contributed by atoms with E-state index in [4.69, 9.17) is 0 Å². The number of carbonyl (C=O) groups is 1. The van der Waals surface area contributed by atoms with Crippen molar-refractivity contribution in [3.05, 3.63) is 47.8 Å². The number of benzene rings is 2. The summed E-state index contributed by atoms with van der Waals surface area (Å²) in [5, 5.41) is 9.27. The van der Waals surface area contributed by atoms with Crippen molar-refractivity contribution < 1.29 is 21.5 Å². The lowest BCUT2D eigenvalue weighted by Gasteiger charge is -2.42. The summed E-state index contributed by atoms with van der Waals surface area (Å²) in [5.41, 5.74) is 1.17. The summed E-state index contributed by atoms with van der Waals surface area (Å²) in [5.74, 6) is -0.637. The molecule has 2 aromatic carbocycles. The number of likely N-dealkylation sites (tertiary alicyclic amines) is 1. The molecule has 0 saturated carbocycles. The quantitative estimate of drug-likeness (QED) is 0.566. The molecule has 32 heavy (non-hydrogen) atoms. The molecular weight excluding hydrogens is 438 g/mol. The first-order chi connectivity index (χ1) is 15.1. The minimum absolute atomic E-state index is 0.100. The van der Waals surface area contributed by atoms with Crippen LogP contribution in [-0.2, 0) is 20.6 Å². The molecule has 0 spiro atoms. The fourth-order valence-electron chi connectivity index (χ4n) is 4.60. The minimum Gasteiger partial charge on any atom is -0.384 e. The van der Waals surface area contributed by atoms with Crippen LogP contribution < -0.4 is 16.0 Å². The highest BCUT2D eigenvalue weighted by Gasteiger charge is 2.49. The van der Waals surface area contributed by atoms with Crippen LogP contribution in [0.15, 0.2) is 41.3 Å². The van der Waals surface area contributed by atoms with Crippen molar-refractivity contribution in [1.29, 1.82) is 0 Å². The van der Waals surface area contributed by atoms with Crippen molar-refractivity contribution in [1.82, 2.24) is 4.90 Å². The minimum atomic E-state index is -4.80. The number of rotatable bonds is 6. The third kappa shape index (κ3) is 4.04. The molecule has 0 bridgehead atoms. The normalized spacial score (nSPS) is 23.5. The number of piperidine rings is 1. The number of carbonyl (C=O) groups excluding carboxylic acids is 1. The van der Waals surface area contributed by atoms with Gasteiger partial charge in [-0.1, -0.05) is 6.07 Å². The third-order valence-corrected chi connectivity index (χ3v) is 7.03. The van der Waals surface area contributed by atoms with Gasteiger partial charge < -0.3 is 16.0 Å². The molecule has 2 heterocycles. The molecule has 1 fully saturated rings. The molecule has 2 aromatic rings. The summed E-state index contributed by atoms with van der Waals surface area (Å²) in [6.07, 6.45) is 1.58. The van der Waals surface area contributed by atoms with Crippen LogP contribution in [0.5, 0.6) is 0 Å². The highest BCUT2D eigenvalue weighted by molar-refractivity contribution is 7.86. The second-order valence-corrected chi connectivity index (χ2v) is 9.67. The lowest BCUT2D eigenvalue weighted by molar-refractivity contribution is -0.127. The van der Waals surface area contributed by atoms with Gasteiger partial charge >= 0.3 is 10.2 Å². The Labute approximate surface area is 186 Å². The summed E-state index contributed by atoms with van der Waals surface area (Å²) in [6, 6.07) is 8.28. The molecule has 3 N–H and O–H groups in total. The number of nitrogens with one attached hydrogen (secondary N) is 3.